The number of fused-ring (bicyclic) bond motifs is 1. The van der Waals surface area contributed by atoms with E-state index in [0.717, 1.165) is 33.3 Å². The van der Waals surface area contributed by atoms with Crippen LogP contribution in [0.5, 0.6) is 0 Å². The zero-order chi connectivity index (χ0) is 14.3. The average Bonchev–Trinajstić information content (AvgIpc) is 2.90. The molecule has 0 amide bonds. The highest BCUT2D eigenvalue weighted by molar-refractivity contribution is 14.1. The fourth-order valence-electron chi connectivity index (χ4n) is 2.73. The van der Waals surface area contributed by atoms with Crippen LogP contribution in [0.3, 0.4) is 0 Å². The molecule has 0 aliphatic carbocycles. The van der Waals surface area contributed by atoms with E-state index in [4.69, 9.17) is 11.6 Å². The Morgan fingerprint density at radius 3 is 2.90 bits per heavy atom. The van der Waals surface area contributed by atoms with Crippen molar-refractivity contribution in [1.29, 1.82) is 0 Å². The third-order valence-corrected chi connectivity index (χ3v) is 6.93. The number of aromatic nitrogens is 2. The van der Waals surface area contributed by atoms with Gasteiger partial charge in [-0.25, -0.2) is 13.4 Å². The van der Waals surface area contributed by atoms with E-state index in [-0.39, 0.29) is 11.1 Å². The lowest BCUT2D eigenvalue weighted by atomic mass is 10.2. The molecule has 0 spiro atoms. The van der Waals surface area contributed by atoms with Crippen molar-refractivity contribution < 1.29 is 8.42 Å². The van der Waals surface area contributed by atoms with Gasteiger partial charge >= 0.3 is 0 Å². The molecule has 108 valence electrons. The minimum Gasteiger partial charge on any atom is -0.326 e. The summed E-state index contributed by atoms with van der Waals surface area (Å²) in [4.78, 5) is 4.51. The molecule has 0 bridgehead atoms. The van der Waals surface area contributed by atoms with E-state index in [2.05, 4.69) is 27.6 Å². The van der Waals surface area contributed by atoms with Crippen LogP contribution in [-0.2, 0) is 22.3 Å². The van der Waals surface area contributed by atoms with Crippen molar-refractivity contribution in [2.75, 3.05) is 5.75 Å². The molecule has 1 saturated heterocycles. The molecule has 1 aliphatic heterocycles. The van der Waals surface area contributed by atoms with Crippen LogP contribution in [0.25, 0.3) is 11.0 Å². The molecule has 0 radical (unpaired) electrons. The highest BCUT2D eigenvalue weighted by Crippen LogP contribution is 2.26. The van der Waals surface area contributed by atoms with Crippen LogP contribution in [-0.4, -0.2) is 29.0 Å². The fraction of sp³-hybridized carbons (Fsp3) is 0.462. The Balaban J connectivity index is 2.06. The summed E-state index contributed by atoms with van der Waals surface area (Å²) in [7, 11) is -2.96. The molecule has 1 aromatic carbocycles. The van der Waals surface area contributed by atoms with E-state index in [0.29, 0.717) is 12.3 Å². The molecular formula is C13H14ClIN2O2S. The first-order chi connectivity index (χ1) is 9.51. The fourth-order valence-corrected chi connectivity index (χ4v) is 5.21. The molecule has 1 atom stereocenters. The van der Waals surface area contributed by atoms with Crippen molar-refractivity contribution in [1.82, 2.24) is 9.55 Å². The minimum absolute atomic E-state index is 0.290. The number of alkyl halides is 1. The van der Waals surface area contributed by atoms with Crippen molar-refractivity contribution in [2.45, 2.75) is 30.5 Å². The Morgan fingerprint density at radius 2 is 2.25 bits per heavy atom. The SMILES string of the molecule is O=S1(=O)CCCC1Cn1c(CCl)nc2cc(I)ccc21. The predicted molar refractivity (Wildman–Crippen MR) is 88.8 cm³/mol. The maximum atomic E-state index is 12.0. The second kappa shape index (κ2) is 5.46. The van der Waals surface area contributed by atoms with E-state index >= 15 is 0 Å². The Bertz CT molecular complexity index is 757. The molecule has 3 rings (SSSR count). The second-order valence-corrected chi connectivity index (χ2v) is 8.95. The maximum Gasteiger partial charge on any atom is 0.154 e. The number of benzene rings is 1. The minimum atomic E-state index is -2.96. The number of rotatable bonds is 3. The van der Waals surface area contributed by atoms with E-state index in [1.54, 1.807) is 0 Å². The van der Waals surface area contributed by atoms with Crippen LogP contribution in [0.2, 0.25) is 0 Å². The van der Waals surface area contributed by atoms with E-state index in [1.807, 2.05) is 22.8 Å². The third kappa shape index (κ3) is 2.57. The van der Waals surface area contributed by atoms with E-state index in [9.17, 15) is 8.42 Å². The van der Waals surface area contributed by atoms with Crippen molar-refractivity contribution in [3.05, 3.63) is 27.6 Å². The van der Waals surface area contributed by atoms with Gasteiger partial charge in [0.05, 0.1) is 27.9 Å². The van der Waals surface area contributed by atoms with Crippen molar-refractivity contribution in [2.24, 2.45) is 0 Å². The van der Waals surface area contributed by atoms with Gasteiger partial charge in [-0.2, -0.15) is 0 Å². The predicted octanol–water partition coefficient (Wildman–Crippen LogP) is 2.96. The van der Waals surface area contributed by atoms with Gasteiger partial charge in [-0.05, 0) is 53.6 Å². The molecule has 1 aliphatic rings. The first-order valence-corrected chi connectivity index (χ1v) is 9.76. The van der Waals surface area contributed by atoms with Crippen LogP contribution >= 0.6 is 34.2 Å². The highest BCUT2D eigenvalue weighted by atomic mass is 127. The largest absolute Gasteiger partial charge is 0.326 e. The average molecular weight is 425 g/mol. The van der Waals surface area contributed by atoms with Gasteiger partial charge in [-0.15, -0.1) is 11.6 Å². The number of nitrogens with zero attached hydrogens (tertiary/aromatic N) is 2. The summed E-state index contributed by atoms with van der Waals surface area (Å²) in [6, 6.07) is 5.98. The normalized spacial score (nSPS) is 21.6. The van der Waals surface area contributed by atoms with Crippen LogP contribution in [0.1, 0.15) is 18.7 Å². The summed E-state index contributed by atoms with van der Waals surface area (Å²) in [6.45, 7) is 0.460. The van der Waals surface area contributed by atoms with Gasteiger partial charge in [-0.1, -0.05) is 0 Å². The summed E-state index contributed by atoms with van der Waals surface area (Å²) in [6.07, 6.45) is 1.49. The van der Waals surface area contributed by atoms with Gasteiger partial charge in [0.2, 0.25) is 0 Å². The molecule has 2 aromatic rings. The standard InChI is InChI=1S/C13H14ClIN2O2S/c14-7-13-16-11-6-9(15)3-4-12(11)17(13)8-10-2-1-5-20(10,18)19/h3-4,6,10H,1-2,5,7-8H2. The first-order valence-electron chi connectivity index (χ1n) is 6.43. The summed E-state index contributed by atoms with van der Waals surface area (Å²) in [5, 5.41) is -0.304. The van der Waals surface area contributed by atoms with Gasteiger partial charge in [0, 0.05) is 10.1 Å². The van der Waals surface area contributed by atoms with Crippen molar-refractivity contribution >= 4 is 55.1 Å². The summed E-state index contributed by atoms with van der Waals surface area (Å²) >= 11 is 8.20. The summed E-state index contributed by atoms with van der Waals surface area (Å²) in [5.41, 5.74) is 1.84. The molecule has 20 heavy (non-hydrogen) atoms. The highest BCUT2D eigenvalue weighted by Gasteiger charge is 2.32. The number of imidazole rings is 1. The maximum absolute atomic E-state index is 12.0. The molecule has 1 fully saturated rings. The zero-order valence-electron chi connectivity index (χ0n) is 10.7. The van der Waals surface area contributed by atoms with Gasteiger partial charge < -0.3 is 4.57 Å². The Morgan fingerprint density at radius 1 is 1.45 bits per heavy atom. The van der Waals surface area contributed by atoms with Crippen LogP contribution in [0.15, 0.2) is 18.2 Å². The van der Waals surface area contributed by atoms with Crippen LogP contribution < -0.4 is 0 Å². The Kier molecular flexibility index (Phi) is 3.98. The third-order valence-electron chi connectivity index (χ3n) is 3.76. The van der Waals surface area contributed by atoms with Gasteiger partial charge in [0.15, 0.2) is 9.84 Å². The smallest absolute Gasteiger partial charge is 0.154 e. The van der Waals surface area contributed by atoms with Crippen molar-refractivity contribution in [3.8, 4) is 0 Å². The first kappa shape index (κ1) is 14.6. The molecular weight excluding hydrogens is 411 g/mol. The summed E-state index contributed by atoms with van der Waals surface area (Å²) in [5.74, 6) is 1.34. The lowest BCUT2D eigenvalue weighted by Gasteiger charge is -2.13. The Hall–Kier alpha value is -0.340. The number of sulfone groups is 1. The molecule has 1 unspecified atom stereocenters. The van der Waals surface area contributed by atoms with E-state index in [1.165, 1.54) is 0 Å². The van der Waals surface area contributed by atoms with Gasteiger partial charge in [-0.3, -0.25) is 0 Å². The number of hydrogen-bond acceptors (Lipinski definition) is 3. The monoisotopic (exact) mass is 424 g/mol. The van der Waals surface area contributed by atoms with Crippen molar-refractivity contribution in [3.63, 3.8) is 0 Å². The molecule has 7 heteroatoms. The molecule has 1 aromatic heterocycles. The van der Waals surface area contributed by atoms with Crippen LogP contribution in [0, 0.1) is 3.57 Å². The van der Waals surface area contributed by atoms with Gasteiger partial charge in [0.25, 0.3) is 0 Å². The molecule has 4 nitrogen and oxygen atoms in total. The topological polar surface area (TPSA) is 52.0 Å². The second-order valence-electron chi connectivity index (χ2n) is 5.04. The number of halogens is 2. The van der Waals surface area contributed by atoms with Crippen LogP contribution in [0.4, 0.5) is 0 Å². The van der Waals surface area contributed by atoms with Gasteiger partial charge in [0.1, 0.15) is 5.82 Å². The van der Waals surface area contributed by atoms with E-state index < -0.39 is 9.84 Å². The molecule has 0 saturated carbocycles. The zero-order valence-corrected chi connectivity index (χ0v) is 14.4. The molecule has 0 N–H and O–H groups in total. The summed E-state index contributed by atoms with van der Waals surface area (Å²) < 4.78 is 27.1. The Labute approximate surface area is 136 Å². The molecule has 2 heterocycles. The lowest BCUT2D eigenvalue weighted by Crippen LogP contribution is -2.23. The number of hydrogen-bond donors (Lipinski definition) is 0. The quantitative estimate of drug-likeness (QED) is 0.562. The lowest BCUT2D eigenvalue weighted by molar-refractivity contribution is 0.565.